The first-order valence-electron chi connectivity index (χ1n) is 11.6. The molecule has 1 aliphatic carbocycles. The van der Waals surface area contributed by atoms with Crippen molar-refractivity contribution in [3.05, 3.63) is 63.1 Å². The summed E-state index contributed by atoms with van der Waals surface area (Å²) < 4.78 is 28.6. The number of piperidine rings is 1. The van der Waals surface area contributed by atoms with E-state index in [1.165, 1.54) is 16.9 Å². The molecule has 3 atom stereocenters. The van der Waals surface area contributed by atoms with E-state index in [0.717, 1.165) is 38.2 Å². The number of halogens is 2. The molecule has 8 nitrogen and oxygen atoms in total. The molecule has 1 saturated heterocycles. The Bertz CT molecular complexity index is 1230. The number of hydrogen-bond acceptors (Lipinski definition) is 5. The second-order valence-corrected chi connectivity index (χ2v) is 9.12. The smallest absolute Gasteiger partial charge is 0.278 e. The molecule has 3 heterocycles. The highest BCUT2D eigenvalue weighted by atomic mass is 19.1. The van der Waals surface area contributed by atoms with Gasteiger partial charge in [0.2, 0.25) is 5.43 Å². The molecule has 0 bridgehead atoms. The minimum Gasteiger partial charge on any atom is -0.502 e. The van der Waals surface area contributed by atoms with Crippen LogP contribution in [0.25, 0.3) is 0 Å². The van der Waals surface area contributed by atoms with E-state index in [0.29, 0.717) is 18.5 Å². The first-order chi connectivity index (χ1) is 16.3. The Balaban J connectivity index is 1.53. The fourth-order valence-corrected chi connectivity index (χ4v) is 5.71. The van der Waals surface area contributed by atoms with Crippen molar-refractivity contribution >= 4 is 11.8 Å². The van der Waals surface area contributed by atoms with E-state index >= 15 is 0 Å². The van der Waals surface area contributed by atoms with Crippen LogP contribution in [0.3, 0.4) is 0 Å². The maximum atomic E-state index is 13.9. The van der Waals surface area contributed by atoms with Crippen molar-refractivity contribution in [3.63, 3.8) is 0 Å². The number of aromatic nitrogens is 1. The normalized spacial score (nSPS) is 23.4. The second kappa shape index (κ2) is 8.41. The van der Waals surface area contributed by atoms with Crippen LogP contribution in [0.1, 0.15) is 65.4 Å². The molecule has 2 N–H and O–H groups in total. The van der Waals surface area contributed by atoms with Gasteiger partial charge in [-0.2, -0.15) is 0 Å². The monoisotopic (exact) mass is 472 g/mol. The molecule has 180 valence electrons. The average Bonchev–Trinajstić information content (AvgIpc) is 3.29. The van der Waals surface area contributed by atoms with Crippen LogP contribution in [0.15, 0.2) is 29.2 Å². The van der Waals surface area contributed by atoms with Crippen LogP contribution >= 0.6 is 0 Å². The molecule has 5 rings (SSSR count). The van der Waals surface area contributed by atoms with Gasteiger partial charge < -0.3 is 15.3 Å². The van der Waals surface area contributed by atoms with Crippen molar-refractivity contribution in [1.82, 2.24) is 14.9 Å². The summed E-state index contributed by atoms with van der Waals surface area (Å²) in [6, 6.07) is 3.12. The molecule has 2 amide bonds. The summed E-state index contributed by atoms with van der Waals surface area (Å²) in [7, 11) is 0. The van der Waals surface area contributed by atoms with E-state index in [-0.39, 0.29) is 35.6 Å². The quantitative estimate of drug-likeness (QED) is 0.713. The molecule has 34 heavy (non-hydrogen) atoms. The average molecular weight is 472 g/mol. The Morgan fingerprint density at radius 2 is 1.97 bits per heavy atom. The number of benzene rings is 1. The number of carbonyl (C=O) groups excluding carboxylic acids is 2. The summed E-state index contributed by atoms with van der Waals surface area (Å²) in [4.78, 5) is 40.7. The molecule has 0 spiro atoms. The summed E-state index contributed by atoms with van der Waals surface area (Å²) >= 11 is 0. The molecular formula is C24H26F2N4O4. The first-order valence-corrected chi connectivity index (χ1v) is 11.6. The zero-order chi connectivity index (χ0) is 24.1. The lowest BCUT2D eigenvalue weighted by Gasteiger charge is -2.53. The van der Waals surface area contributed by atoms with Crippen molar-refractivity contribution in [3.8, 4) is 5.75 Å². The highest BCUT2D eigenvalue weighted by Crippen LogP contribution is 2.41. The molecule has 2 aliphatic heterocycles. The summed E-state index contributed by atoms with van der Waals surface area (Å²) in [5, 5.41) is 15.3. The Morgan fingerprint density at radius 1 is 1.18 bits per heavy atom. The third kappa shape index (κ3) is 3.43. The number of aromatic hydroxyl groups is 1. The van der Waals surface area contributed by atoms with Gasteiger partial charge in [0.05, 0.1) is 6.04 Å². The van der Waals surface area contributed by atoms with Gasteiger partial charge in [0.15, 0.2) is 11.4 Å². The maximum Gasteiger partial charge on any atom is 0.278 e. The van der Waals surface area contributed by atoms with Gasteiger partial charge in [0.1, 0.15) is 23.4 Å². The number of hydrogen-bond donors (Lipinski definition) is 2. The van der Waals surface area contributed by atoms with Crippen molar-refractivity contribution in [2.45, 2.75) is 57.8 Å². The van der Waals surface area contributed by atoms with Crippen LogP contribution < -0.4 is 15.8 Å². The summed E-state index contributed by atoms with van der Waals surface area (Å²) in [6.07, 6.45) is 5.89. The summed E-state index contributed by atoms with van der Waals surface area (Å²) in [6.45, 7) is 2.01. The number of fused-ring (bicyclic) bond motifs is 5. The molecule has 0 radical (unpaired) electrons. The molecule has 0 unspecified atom stereocenters. The highest BCUT2D eigenvalue weighted by Gasteiger charge is 2.48. The lowest BCUT2D eigenvalue weighted by Crippen LogP contribution is -2.67. The number of nitrogens with one attached hydrogen (secondary N) is 1. The Hall–Kier alpha value is -3.43. The van der Waals surface area contributed by atoms with Gasteiger partial charge in [-0.15, -0.1) is 0 Å². The van der Waals surface area contributed by atoms with Gasteiger partial charge in [-0.3, -0.25) is 24.1 Å². The van der Waals surface area contributed by atoms with Crippen molar-refractivity contribution < 1.29 is 23.5 Å². The van der Waals surface area contributed by atoms with Crippen LogP contribution in [0, 0.1) is 17.6 Å². The summed E-state index contributed by atoms with van der Waals surface area (Å²) in [5.41, 5.74) is -1.40. The van der Waals surface area contributed by atoms with Gasteiger partial charge in [-0.25, -0.2) is 8.78 Å². The third-order valence-electron chi connectivity index (χ3n) is 7.34. The largest absolute Gasteiger partial charge is 0.502 e. The highest BCUT2D eigenvalue weighted by molar-refractivity contribution is 5.99. The van der Waals surface area contributed by atoms with Crippen LogP contribution in [0.2, 0.25) is 0 Å². The number of amides is 2. The van der Waals surface area contributed by atoms with Crippen molar-refractivity contribution in [2.24, 2.45) is 5.92 Å². The van der Waals surface area contributed by atoms with Gasteiger partial charge in [-0.05, 0) is 44.6 Å². The second-order valence-electron chi connectivity index (χ2n) is 9.12. The van der Waals surface area contributed by atoms with Gasteiger partial charge in [0, 0.05) is 30.9 Å². The van der Waals surface area contributed by atoms with Crippen molar-refractivity contribution in [1.29, 1.82) is 0 Å². The Kier molecular flexibility index (Phi) is 5.53. The predicted octanol–water partition coefficient (Wildman–Crippen LogP) is 2.46. The van der Waals surface area contributed by atoms with Crippen molar-refractivity contribution in [2.75, 3.05) is 11.6 Å². The summed E-state index contributed by atoms with van der Waals surface area (Å²) in [5.74, 6) is -3.16. The predicted molar refractivity (Wildman–Crippen MR) is 119 cm³/mol. The van der Waals surface area contributed by atoms with Gasteiger partial charge in [0.25, 0.3) is 11.8 Å². The standard InChI is InChI=1S/C24H26F2N4O4/c1-2-28-19-9-7-13-4-3-5-18(13)30(19)29-12-16(21(31)22(32)20(29)24(28)34)23(33)27-11-14-6-8-15(25)10-17(14)26/h6,8,10,12-13,18-19,32H,2-5,7,9,11H2,1H3,(H,27,33)/t13-,18-,19+/m1/s1. The van der Waals surface area contributed by atoms with Crippen LogP contribution in [0.4, 0.5) is 8.78 Å². The Labute approximate surface area is 194 Å². The molecule has 10 heteroatoms. The number of pyridine rings is 1. The molecule has 2 fully saturated rings. The topological polar surface area (TPSA) is 94.9 Å². The molecule has 2 aromatic rings. The fourth-order valence-electron chi connectivity index (χ4n) is 5.71. The molecular weight excluding hydrogens is 446 g/mol. The van der Waals surface area contributed by atoms with Gasteiger partial charge in [-0.1, -0.05) is 12.5 Å². The lowest BCUT2D eigenvalue weighted by atomic mass is 9.90. The minimum atomic E-state index is -0.967. The van der Waals surface area contributed by atoms with Crippen LogP contribution in [0.5, 0.6) is 5.75 Å². The van der Waals surface area contributed by atoms with E-state index in [1.54, 1.807) is 4.90 Å². The Morgan fingerprint density at radius 3 is 2.71 bits per heavy atom. The van der Waals surface area contributed by atoms with Crippen LogP contribution in [-0.2, 0) is 6.54 Å². The molecule has 1 aromatic carbocycles. The number of carbonyl (C=O) groups is 2. The molecule has 3 aliphatic rings. The van der Waals surface area contributed by atoms with E-state index < -0.39 is 34.6 Å². The van der Waals surface area contributed by atoms with E-state index in [2.05, 4.69) is 5.32 Å². The molecule has 1 saturated carbocycles. The van der Waals surface area contributed by atoms with E-state index in [4.69, 9.17) is 0 Å². The first kappa shape index (κ1) is 22.4. The zero-order valence-corrected chi connectivity index (χ0v) is 18.8. The number of nitrogens with zero attached hydrogens (tertiary/aromatic N) is 3. The molecule has 1 aromatic heterocycles. The number of rotatable bonds is 4. The minimum absolute atomic E-state index is 0.0516. The SMILES string of the molecule is CCN1C(=O)c2c(O)c(=O)c(C(=O)NCc3ccc(F)cc3F)cn2N2[C@@H]3CCC[C@@H]3CC[C@@H]12. The maximum absolute atomic E-state index is 13.9. The lowest BCUT2D eigenvalue weighted by molar-refractivity contribution is 0.0453. The van der Waals surface area contributed by atoms with E-state index in [1.807, 2.05) is 11.9 Å². The van der Waals surface area contributed by atoms with E-state index in [9.17, 15) is 28.3 Å². The third-order valence-corrected chi connectivity index (χ3v) is 7.34. The van der Waals surface area contributed by atoms with Gasteiger partial charge >= 0.3 is 0 Å². The van der Waals surface area contributed by atoms with Crippen LogP contribution in [-0.4, -0.2) is 45.2 Å². The zero-order valence-electron chi connectivity index (χ0n) is 18.8. The fraction of sp³-hybridized carbons (Fsp3) is 0.458.